The van der Waals surface area contributed by atoms with Crippen LogP contribution in [0.5, 0.6) is 0 Å². The number of allylic oxidation sites excluding steroid dienone is 12. The van der Waals surface area contributed by atoms with Gasteiger partial charge in [-0.05, 0) is 33.1 Å². The van der Waals surface area contributed by atoms with Crippen molar-refractivity contribution in [2.75, 3.05) is 0 Å². The molecule has 2 bridgehead atoms. The predicted molar refractivity (Wildman–Crippen MR) is 243 cm³/mol. The van der Waals surface area contributed by atoms with Gasteiger partial charge in [-0.2, -0.15) is 0 Å². The summed E-state index contributed by atoms with van der Waals surface area (Å²) in [7, 11) is 0. The molecular weight excluding hydrogens is 867 g/mol. The van der Waals surface area contributed by atoms with Crippen LogP contribution in [0.3, 0.4) is 0 Å². The fraction of sp³-hybridized carbons (Fsp3) is 0.660. The highest BCUT2D eigenvalue weighted by Crippen LogP contribution is 2.39. The summed E-state index contributed by atoms with van der Waals surface area (Å²) in [6, 6.07) is -1.12. The van der Waals surface area contributed by atoms with Crippen LogP contribution in [0.15, 0.2) is 85.1 Å². The molecule has 0 aromatic carbocycles. The molecule has 2 fully saturated rings. The Morgan fingerprint density at radius 3 is 1.83 bits per heavy atom. The third kappa shape index (κ3) is 19.0. The second-order valence-corrected chi connectivity index (χ2v) is 18.0. The predicted octanol–water partition coefficient (Wildman–Crippen LogP) is 1.08. The van der Waals surface area contributed by atoms with Crippen molar-refractivity contribution < 1.29 is 79.6 Å². The van der Waals surface area contributed by atoms with Crippen molar-refractivity contribution in [1.82, 2.24) is 0 Å². The molecule has 3 aliphatic heterocycles. The number of hydrogen-bond acceptors (Lipinski definition) is 17. The number of thiol groups is 1. The van der Waals surface area contributed by atoms with E-state index in [4.69, 9.17) is 24.7 Å². The molecule has 2 saturated heterocycles. The van der Waals surface area contributed by atoms with Gasteiger partial charge in [0.2, 0.25) is 0 Å². The summed E-state index contributed by atoms with van der Waals surface area (Å²) in [5.41, 5.74) is 6.04. The smallest absolute Gasteiger partial charge is 0.308 e. The second-order valence-electron chi connectivity index (χ2n) is 17.6. The average molecular weight is 940 g/mol. The Morgan fingerprint density at radius 2 is 1.25 bits per heavy atom. The molecule has 12 N–H and O–H groups in total. The SMILES string of the molecule is CC1/C=C/C=C/C=C/C=C/C=C/C=C/C=C/C(OC2OC(C)C(O)C(N)C2O)CC2OC(O)(CC(O)CC(O)C(O)CCC(O)CC(O)CC(=O)OC(C)C(C)C1O)CC(O)C2C(=O)S. The van der Waals surface area contributed by atoms with E-state index in [0.29, 0.717) is 0 Å². The molecule has 0 radical (unpaired) electrons. The Labute approximate surface area is 387 Å². The first-order valence-corrected chi connectivity index (χ1v) is 22.8. The summed E-state index contributed by atoms with van der Waals surface area (Å²) in [6.07, 6.45) is 4.81. The van der Waals surface area contributed by atoms with Crippen molar-refractivity contribution in [3.8, 4) is 0 Å². The number of ether oxygens (including phenoxy) is 4. The summed E-state index contributed by atoms with van der Waals surface area (Å²) in [4.78, 5) is 25.4. The van der Waals surface area contributed by atoms with Gasteiger partial charge in [0.1, 0.15) is 12.2 Å². The fourth-order valence-corrected chi connectivity index (χ4v) is 8.31. The van der Waals surface area contributed by atoms with Crippen molar-refractivity contribution in [3.05, 3.63) is 85.1 Å². The van der Waals surface area contributed by atoms with Gasteiger partial charge in [-0.3, -0.25) is 9.59 Å². The Bertz CT molecular complexity index is 1670. The Balaban J connectivity index is 1.86. The van der Waals surface area contributed by atoms with Crippen LogP contribution in [0.1, 0.15) is 79.1 Å². The number of nitrogens with two attached hydrogens (primary N) is 1. The molecule has 3 aliphatic rings. The van der Waals surface area contributed by atoms with Crippen LogP contribution in [0.2, 0.25) is 0 Å². The zero-order valence-electron chi connectivity index (χ0n) is 37.6. The minimum Gasteiger partial charge on any atom is -0.462 e. The molecule has 3 rings (SSSR count). The lowest BCUT2D eigenvalue weighted by atomic mass is 9.83. The number of esters is 1. The van der Waals surface area contributed by atoms with Gasteiger partial charge in [-0.1, -0.05) is 98.9 Å². The monoisotopic (exact) mass is 939 g/mol. The number of hydrogen-bond donors (Lipinski definition) is 12. The summed E-state index contributed by atoms with van der Waals surface area (Å²) >= 11 is 3.97. The first-order valence-electron chi connectivity index (χ1n) is 22.3. The molecule has 0 spiro atoms. The van der Waals surface area contributed by atoms with Crippen LogP contribution >= 0.6 is 12.6 Å². The molecule has 3 heterocycles. The number of rotatable bonds is 3. The average Bonchev–Trinajstić information content (AvgIpc) is 3.21. The lowest BCUT2D eigenvalue weighted by molar-refractivity contribution is -0.306. The van der Waals surface area contributed by atoms with Crippen molar-refractivity contribution in [3.63, 3.8) is 0 Å². The number of fused-ring (bicyclic) bond motifs is 2. The van der Waals surface area contributed by atoms with Gasteiger partial charge in [-0.15, -0.1) is 12.6 Å². The minimum absolute atomic E-state index is 0.0907. The number of aliphatic hydroxyl groups excluding tert-OH is 9. The van der Waals surface area contributed by atoms with Gasteiger partial charge in [-0.25, -0.2) is 0 Å². The highest BCUT2D eigenvalue weighted by atomic mass is 32.1. The molecule has 0 amide bonds. The van der Waals surface area contributed by atoms with Gasteiger partial charge >= 0.3 is 5.97 Å². The number of aliphatic hydroxyl groups is 10. The molecule has 368 valence electrons. The van der Waals surface area contributed by atoms with E-state index in [1.165, 1.54) is 0 Å². The number of carbonyl (C=O) groups is 2. The van der Waals surface area contributed by atoms with E-state index in [9.17, 15) is 60.7 Å². The summed E-state index contributed by atoms with van der Waals surface area (Å²) < 4.78 is 23.4. The van der Waals surface area contributed by atoms with Crippen LogP contribution in [0.25, 0.3) is 0 Å². The minimum atomic E-state index is -2.25. The molecule has 0 aromatic rings. The van der Waals surface area contributed by atoms with Crippen molar-refractivity contribution in [2.45, 2.75) is 177 Å². The van der Waals surface area contributed by atoms with Crippen LogP contribution < -0.4 is 5.73 Å². The normalized spacial score (nSPS) is 45.5. The fourth-order valence-electron chi connectivity index (χ4n) is 7.97. The molecule has 0 saturated carbocycles. The molecule has 19 unspecified atom stereocenters. The van der Waals surface area contributed by atoms with E-state index >= 15 is 0 Å². The maximum atomic E-state index is 12.8. The van der Waals surface area contributed by atoms with Crippen LogP contribution in [-0.4, -0.2) is 160 Å². The number of carbonyl (C=O) groups excluding carboxylic acids is 2. The van der Waals surface area contributed by atoms with E-state index in [1.54, 1.807) is 75.5 Å². The molecule has 17 nitrogen and oxygen atoms in total. The molecule has 18 heteroatoms. The summed E-state index contributed by atoms with van der Waals surface area (Å²) in [5.74, 6) is -4.97. The molecule has 0 aliphatic carbocycles. The van der Waals surface area contributed by atoms with Crippen LogP contribution in [0.4, 0.5) is 0 Å². The quantitative estimate of drug-likeness (QED) is 0.139. The van der Waals surface area contributed by atoms with Crippen molar-refractivity contribution in [2.24, 2.45) is 23.5 Å². The highest BCUT2D eigenvalue weighted by Gasteiger charge is 2.50. The molecular formula is C47H73NO16S. The maximum absolute atomic E-state index is 12.8. The maximum Gasteiger partial charge on any atom is 0.308 e. The van der Waals surface area contributed by atoms with Crippen molar-refractivity contribution in [1.29, 1.82) is 0 Å². The third-order valence-corrected chi connectivity index (χ3v) is 12.3. The van der Waals surface area contributed by atoms with E-state index in [0.717, 1.165) is 0 Å². The van der Waals surface area contributed by atoms with E-state index < -0.39 is 146 Å². The lowest BCUT2D eigenvalue weighted by Gasteiger charge is -2.45. The molecule has 19 atom stereocenters. The van der Waals surface area contributed by atoms with Gasteiger partial charge in [0.15, 0.2) is 17.2 Å². The third-order valence-electron chi connectivity index (χ3n) is 12.0. The van der Waals surface area contributed by atoms with E-state index in [2.05, 4.69) is 12.6 Å². The highest BCUT2D eigenvalue weighted by molar-refractivity contribution is 7.96. The van der Waals surface area contributed by atoms with E-state index in [1.807, 2.05) is 37.3 Å². The Morgan fingerprint density at radius 1 is 0.677 bits per heavy atom. The summed E-state index contributed by atoms with van der Waals surface area (Å²) in [5, 5.41) is 108. The van der Waals surface area contributed by atoms with Crippen LogP contribution in [-0.2, 0) is 28.5 Å². The first kappa shape index (κ1) is 56.4. The standard InChI is InChI=1S/C47H73NO16S/c1-27-17-15-13-11-9-7-5-6-8-10-12-14-16-18-34(63-46-44(58)41(48)43(57)30(4)62-46)24-38-40(45(59)65)37(54)26-47(60,64-38)25-33(51)22-36(53)35(52)20-19-31(49)21-32(50)23-39(55)61-29(3)28(2)42(27)56/h5-18,27-38,40-44,46,49-54,56-58,60H,19-26,48H2,1-4H3,(H,59,65)/b6-5+,9-7+,10-8+,13-11+,14-12+,17-15+,18-16+. The largest absolute Gasteiger partial charge is 0.462 e. The Hall–Kier alpha value is -2.89. The second kappa shape index (κ2) is 27.8. The van der Waals surface area contributed by atoms with Crippen LogP contribution in [0, 0.1) is 17.8 Å². The first-order chi connectivity index (χ1) is 30.6. The lowest BCUT2D eigenvalue weighted by Crippen LogP contribution is -2.61. The zero-order chi connectivity index (χ0) is 48.4. The van der Waals surface area contributed by atoms with Gasteiger partial charge in [0.05, 0.1) is 85.5 Å². The number of cyclic esters (lactones) is 1. The Kier molecular flexibility index (Phi) is 24.1. The van der Waals surface area contributed by atoms with E-state index in [-0.39, 0.29) is 31.6 Å². The van der Waals surface area contributed by atoms with Gasteiger partial charge in [0, 0.05) is 37.5 Å². The van der Waals surface area contributed by atoms with Crippen molar-refractivity contribution >= 4 is 23.7 Å². The summed E-state index contributed by atoms with van der Waals surface area (Å²) in [6.45, 7) is 6.78. The van der Waals surface area contributed by atoms with Gasteiger partial charge < -0.3 is 75.7 Å². The molecule has 0 aromatic heterocycles. The topological polar surface area (TPSA) is 299 Å². The molecule has 65 heavy (non-hydrogen) atoms. The van der Waals surface area contributed by atoms with Gasteiger partial charge in [0.25, 0.3) is 0 Å². The zero-order valence-corrected chi connectivity index (χ0v) is 38.5.